The smallest absolute Gasteiger partial charge is 0.316 e. The number of nitriles is 1. The lowest BCUT2D eigenvalue weighted by molar-refractivity contribution is -0.205. The molecule has 2 bridgehead atoms. The van der Waals surface area contributed by atoms with Gasteiger partial charge in [0, 0.05) is 23.2 Å². The molecule has 5 rings (SSSR count). The summed E-state index contributed by atoms with van der Waals surface area (Å²) in [7, 11) is 0. The van der Waals surface area contributed by atoms with Crippen LogP contribution in [0.15, 0.2) is 47.2 Å². The number of hydrogen-bond acceptors (Lipinski definition) is 9. The van der Waals surface area contributed by atoms with Crippen molar-refractivity contribution >= 4 is 29.7 Å². The number of hydrogen-bond donors (Lipinski definition) is 1. The summed E-state index contributed by atoms with van der Waals surface area (Å²) < 4.78 is 7.90. The second-order valence-electron chi connectivity index (χ2n) is 13.2. The fourth-order valence-electron chi connectivity index (χ4n) is 8.19. The monoisotopic (exact) mass is 603 g/mol. The van der Waals surface area contributed by atoms with Crippen LogP contribution in [0.2, 0.25) is 0 Å². The molecule has 3 fully saturated rings. The first-order chi connectivity index (χ1) is 20.4. The number of Topliss-reactive ketones (excluding diaryl/α,β-unsaturated/α-hetero) is 1. The Morgan fingerprint density at radius 3 is 2.81 bits per heavy atom. The third-order valence-corrected chi connectivity index (χ3v) is 11.9. The third kappa shape index (κ3) is 5.25. The van der Waals surface area contributed by atoms with E-state index in [0.29, 0.717) is 29.4 Å². The SMILES string of the molecule is C=C[C@]1(C)C[C@@H](OC(=O)CSc2nnc(C)n2/N=C/c2cccc(C#N)c2)[C@]2(C)[C@H](C)CC[C@]3(CCC(=O)[C@H]32)[C@@H](C)[C@@H]1O. The van der Waals surface area contributed by atoms with Crippen molar-refractivity contribution in [2.45, 2.75) is 84.1 Å². The molecule has 0 spiro atoms. The van der Waals surface area contributed by atoms with E-state index in [2.05, 4.69) is 48.7 Å². The van der Waals surface area contributed by atoms with Crippen molar-refractivity contribution in [3.8, 4) is 6.07 Å². The zero-order valence-corrected chi connectivity index (χ0v) is 26.4. The van der Waals surface area contributed by atoms with Gasteiger partial charge in [0.1, 0.15) is 11.9 Å². The molecule has 0 amide bonds. The van der Waals surface area contributed by atoms with Crippen LogP contribution in [-0.4, -0.2) is 55.9 Å². The molecule has 3 aliphatic carbocycles. The minimum atomic E-state index is -0.708. The first-order valence-electron chi connectivity index (χ1n) is 15.0. The number of ether oxygens (including phenoxy) is 1. The quantitative estimate of drug-likeness (QED) is 0.194. The summed E-state index contributed by atoms with van der Waals surface area (Å²) >= 11 is 1.18. The minimum absolute atomic E-state index is 0.0218. The molecular formula is C33H41N5O4S. The molecule has 1 aromatic heterocycles. The predicted octanol–water partition coefficient (Wildman–Crippen LogP) is 5.34. The highest BCUT2D eigenvalue weighted by atomic mass is 32.2. The average molecular weight is 604 g/mol. The summed E-state index contributed by atoms with van der Waals surface area (Å²) in [6, 6.07) is 9.20. The Balaban J connectivity index is 1.39. The van der Waals surface area contributed by atoms with Gasteiger partial charge in [0.25, 0.3) is 0 Å². The number of carbonyl (C=O) groups is 2. The standard InChI is InChI=1S/C33H41N5O4S/c1-7-31(5)16-26(32(6)20(2)11-13-33(21(3)29(31)41)14-12-25(39)28(32)33)42-27(40)19-43-30-37-36-22(4)38(30)35-18-24-10-8-9-23(15-24)17-34/h7-10,15,18,20-21,26,28-29,41H,1,11-14,16,19H2,2-6H3/b35-18+/t20-,21+,26-,28+,29+,31-,32+,33+/m1/s1. The molecule has 3 saturated carbocycles. The third-order valence-electron chi connectivity index (χ3n) is 11.0. The van der Waals surface area contributed by atoms with Crippen LogP contribution in [-0.2, 0) is 14.3 Å². The largest absolute Gasteiger partial charge is 0.461 e. The number of aliphatic hydroxyl groups is 1. The van der Waals surface area contributed by atoms with Crippen LogP contribution in [0, 0.1) is 52.3 Å². The summed E-state index contributed by atoms with van der Waals surface area (Å²) in [6.45, 7) is 14.2. The van der Waals surface area contributed by atoms with Gasteiger partial charge < -0.3 is 9.84 Å². The Morgan fingerprint density at radius 1 is 1.33 bits per heavy atom. The summed E-state index contributed by atoms with van der Waals surface area (Å²) in [5.41, 5.74) is -0.289. The first-order valence-corrected chi connectivity index (χ1v) is 16.0. The molecule has 228 valence electrons. The van der Waals surface area contributed by atoms with Crippen molar-refractivity contribution in [1.29, 1.82) is 5.26 Å². The minimum Gasteiger partial charge on any atom is -0.461 e. The molecule has 43 heavy (non-hydrogen) atoms. The van der Waals surface area contributed by atoms with E-state index in [-0.39, 0.29) is 34.7 Å². The number of aromatic nitrogens is 3. The van der Waals surface area contributed by atoms with Crippen LogP contribution in [0.3, 0.4) is 0 Å². The maximum absolute atomic E-state index is 13.6. The van der Waals surface area contributed by atoms with Gasteiger partial charge in [-0.15, -0.1) is 16.8 Å². The zero-order valence-electron chi connectivity index (χ0n) is 25.6. The maximum atomic E-state index is 13.6. The highest BCUT2D eigenvalue weighted by Gasteiger charge is 2.68. The number of ketones is 1. The van der Waals surface area contributed by atoms with Crippen molar-refractivity contribution in [3.63, 3.8) is 0 Å². The Hall–Kier alpha value is -3.29. The van der Waals surface area contributed by atoms with Crippen LogP contribution < -0.4 is 0 Å². The second-order valence-corrected chi connectivity index (χ2v) is 14.1. The van der Waals surface area contributed by atoms with Gasteiger partial charge in [-0.2, -0.15) is 15.0 Å². The number of esters is 1. The highest BCUT2D eigenvalue weighted by Crippen LogP contribution is 2.68. The van der Waals surface area contributed by atoms with E-state index in [9.17, 15) is 20.0 Å². The molecule has 0 saturated heterocycles. The number of benzene rings is 1. The molecule has 0 unspecified atom stereocenters. The molecule has 1 heterocycles. The van der Waals surface area contributed by atoms with Crippen LogP contribution in [0.1, 0.15) is 76.8 Å². The predicted molar refractivity (Wildman–Crippen MR) is 164 cm³/mol. The lowest BCUT2D eigenvalue weighted by Gasteiger charge is -2.61. The molecule has 10 heteroatoms. The number of aryl methyl sites for hydroxylation is 1. The highest BCUT2D eigenvalue weighted by molar-refractivity contribution is 7.99. The molecule has 1 N–H and O–H groups in total. The summed E-state index contributed by atoms with van der Waals surface area (Å²) in [4.78, 5) is 27.1. The van der Waals surface area contributed by atoms with Gasteiger partial charge in [0.2, 0.25) is 5.16 Å². The van der Waals surface area contributed by atoms with E-state index in [4.69, 9.17) is 4.74 Å². The normalized spacial score (nSPS) is 35.6. The Bertz CT molecular complexity index is 1500. The lowest BCUT2D eigenvalue weighted by Crippen LogP contribution is -2.63. The molecule has 0 aliphatic heterocycles. The Kier molecular flexibility index (Phi) is 8.45. The summed E-state index contributed by atoms with van der Waals surface area (Å²) in [5, 5.41) is 34.1. The van der Waals surface area contributed by atoms with Gasteiger partial charge >= 0.3 is 5.97 Å². The molecule has 3 aliphatic rings. The molecule has 0 radical (unpaired) electrons. The van der Waals surface area contributed by atoms with E-state index in [1.54, 1.807) is 42.1 Å². The lowest BCUT2D eigenvalue weighted by atomic mass is 9.44. The first kappa shape index (κ1) is 31.1. The van der Waals surface area contributed by atoms with Gasteiger partial charge in [0.05, 0.1) is 29.7 Å². The van der Waals surface area contributed by atoms with E-state index in [1.807, 2.05) is 13.0 Å². The van der Waals surface area contributed by atoms with Crippen LogP contribution in [0.25, 0.3) is 0 Å². The van der Waals surface area contributed by atoms with Gasteiger partial charge in [0.15, 0.2) is 5.82 Å². The fraction of sp³-hybridized carbons (Fsp3) is 0.576. The molecule has 2 aromatic rings. The van der Waals surface area contributed by atoms with E-state index in [0.717, 1.165) is 24.8 Å². The zero-order chi connectivity index (χ0) is 31.2. The second kappa shape index (κ2) is 11.7. The number of nitrogens with zero attached hydrogens (tertiary/aromatic N) is 5. The van der Waals surface area contributed by atoms with Crippen LogP contribution in [0.4, 0.5) is 0 Å². The molecule has 8 atom stereocenters. The number of thioether (sulfide) groups is 1. The van der Waals surface area contributed by atoms with Gasteiger partial charge in [-0.3, -0.25) is 9.59 Å². The summed E-state index contributed by atoms with van der Waals surface area (Å²) in [5.74, 6) is 0.148. The Morgan fingerprint density at radius 2 is 2.09 bits per heavy atom. The van der Waals surface area contributed by atoms with Gasteiger partial charge in [-0.25, -0.2) is 0 Å². The molecule has 9 nitrogen and oxygen atoms in total. The van der Waals surface area contributed by atoms with Gasteiger partial charge in [-0.05, 0) is 67.6 Å². The van der Waals surface area contributed by atoms with E-state index < -0.39 is 29.0 Å². The van der Waals surface area contributed by atoms with E-state index in [1.165, 1.54) is 11.8 Å². The van der Waals surface area contributed by atoms with Crippen LogP contribution >= 0.6 is 11.8 Å². The van der Waals surface area contributed by atoms with Crippen molar-refractivity contribution in [1.82, 2.24) is 14.9 Å². The molecule has 1 aromatic carbocycles. The van der Waals surface area contributed by atoms with E-state index >= 15 is 0 Å². The Labute approximate surface area is 257 Å². The fourth-order valence-corrected chi connectivity index (χ4v) is 8.91. The summed E-state index contributed by atoms with van der Waals surface area (Å²) in [6.07, 6.45) is 5.60. The number of carbonyl (C=O) groups excluding carboxylic acids is 2. The van der Waals surface area contributed by atoms with Crippen molar-refractivity contribution < 1.29 is 19.4 Å². The number of aliphatic hydroxyl groups excluding tert-OH is 1. The topological polar surface area (TPSA) is 130 Å². The number of rotatable bonds is 7. The molecular weight excluding hydrogens is 562 g/mol. The van der Waals surface area contributed by atoms with Crippen molar-refractivity contribution in [3.05, 3.63) is 53.9 Å². The van der Waals surface area contributed by atoms with Gasteiger partial charge in [-0.1, -0.05) is 57.7 Å². The maximum Gasteiger partial charge on any atom is 0.316 e. The van der Waals surface area contributed by atoms with Crippen molar-refractivity contribution in [2.24, 2.45) is 39.1 Å². The van der Waals surface area contributed by atoms with Crippen LogP contribution in [0.5, 0.6) is 0 Å². The van der Waals surface area contributed by atoms with Crippen molar-refractivity contribution in [2.75, 3.05) is 5.75 Å². The average Bonchev–Trinajstić information content (AvgIpc) is 3.54.